The van der Waals surface area contributed by atoms with Crippen molar-refractivity contribution in [3.05, 3.63) is 83.0 Å². The van der Waals surface area contributed by atoms with Crippen LogP contribution in [0.4, 0.5) is 13.2 Å². The molecule has 0 spiro atoms. The molecule has 2 aromatic carbocycles. The van der Waals surface area contributed by atoms with E-state index in [1.54, 1.807) is 24.3 Å². The number of rotatable bonds is 7. The second-order valence-corrected chi connectivity index (χ2v) is 7.36. The number of amides is 1. The van der Waals surface area contributed by atoms with Gasteiger partial charge in [-0.1, -0.05) is 42.0 Å². The molecular weight excluding hydrogens is 437 g/mol. The first-order valence-electron chi connectivity index (χ1n) is 9.90. The monoisotopic (exact) mass is 458 g/mol. The number of carboxylic acid groups (broad SMARTS) is 1. The highest BCUT2D eigenvalue weighted by Gasteiger charge is 2.31. The molecule has 0 radical (unpaired) electrons. The normalized spacial score (nSPS) is 12.2. The zero-order valence-corrected chi connectivity index (χ0v) is 17.8. The first kappa shape index (κ1) is 23.8. The van der Waals surface area contributed by atoms with Gasteiger partial charge in [-0.15, -0.1) is 0 Å². The third kappa shape index (κ3) is 5.88. The number of carbonyl (C=O) groups excluding carboxylic acids is 1. The van der Waals surface area contributed by atoms with Crippen molar-refractivity contribution in [3.63, 3.8) is 0 Å². The average Bonchev–Trinajstić information content (AvgIpc) is 2.78. The van der Waals surface area contributed by atoms with Crippen molar-refractivity contribution in [1.82, 2.24) is 10.3 Å². The molecule has 0 unspecified atom stereocenters. The van der Waals surface area contributed by atoms with Crippen molar-refractivity contribution in [2.75, 3.05) is 7.11 Å². The Morgan fingerprint density at radius 3 is 2.39 bits per heavy atom. The predicted molar refractivity (Wildman–Crippen MR) is 115 cm³/mol. The summed E-state index contributed by atoms with van der Waals surface area (Å²) in [5.41, 5.74) is 0.799. The fraction of sp³-hybridized carbons (Fsp3) is 0.208. The number of halogens is 3. The van der Waals surface area contributed by atoms with Crippen LogP contribution in [0.15, 0.2) is 60.7 Å². The molecule has 1 aromatic heterocycles. The van der Waals surface area contributed by atoms with Crippen LogP contribution in [-0.2, 0) is 11.0 Å². The van der Waals surface area contributed by atoms with Gasteiger partial charge in [0.25, 0.3) is 5.91 Å². The van der Waals surface area contributed by atoms with E-state index in [9.17, 15) is 27.9 Å². The van der Waals surface area contributed by atoms with E-state index in [4.69, 9.17) is 4.74 Å². The van der Waals surface area contributed by atoms with Gasteiger partial charge in [0.1, 0.15) is 17.1 Å². The van der Waals surface area contributed by atoms with Crippen molar-refractivity contribution in [2.24, 2.45) is 0 Å². The van der Waals surface area contributed by atoms with E-state index in [0.717, 1.165) is 17.7 Å². The molecule has 9 heteroatoms. The predicted octanol–water partition coefficient (Wildman–Crippen LogP) is 5.03. The number of carbonyl (C=O) groups is 2. The molecule has 3 aromatic rings. The summed E-state index contributed by atoms with van der Waals surface area (Å²) in [5.74, 6) is -1.59. The van der Waals surface area contributed by atoms with Crippen LogP contribution in [-0.4, -0.2) is 29.1 Å². The number of ether oxygens (including phenoxy) is 1. The van der Waals surface area contributed by atoms with Gasteiger partial charge in [-0.2, -0.15) is 13.2 Å². The lowest BCUT2D eigenvalue weighted by molar-refractivity contribution is -0.138. The highest BCUT2D eigenvalue weighted by molar-refractivity contribution is 5.93. The molecular formula is C24H21F3N2O4. The van der Waals surface area contributed by atoms with Gasteiger partial charge in [-0.3, -0.25) is 9.59 Å². The number of pyridine rings is 1. The van der Waals surface area contributed by atoms with Crippen LogP contribution < -0.4 is 10.1 Å². The Labute approximate surface area is 188 Å². The lowest BCUT2D eigenvalue weighted by atomic mass is 10.0. The summed E-state index contributed by atoms with van der Waals surface area (Å²) in [6.07, 6.45) is -4.90. The molecule has 3 rings (SSSR count). The van der Waals surface area contributed by atoms with Gasteiger partial charge in [0.05, 0.1) is 25.1 Å². The van der Waals surface area contributed by atoms with Crippen LogP contribution in [0.5, 0.6) is 5.75 Å². The maximum absolute atomic E-state index is 13.1. The molecule has 1 heterocycles. The minimum Gasteiger partial charge on any atom is -0.494 e. The van der Waals surface area contributed by atoms with Crippen LogP contribution >= 0.6 is 0 Å². The van der Waals surface area contributed by atoms with Gasteiger partial charge < -0.3 is 15.2 Å². The third-order valence-corrected chi connectivity index (χ3v) is 4.94. The Hall–Kier alpha value is -3.88. The number of benzene rings is 2. The molecule has 1 atom stereocenters. The zero-order chi connectivity index (χ0) is 24.2. The number of nitrogens with one attached hydrogen (secondary N) is 1. The number of nitrogens with zero attached hydrogens (tertiary/aromatic N) is 1. The number of alkyl halides is 3. The molecule has 0 saturated carbocycles. The van der Waals surface area contributed by atoms with Crippen molar-refractivity contribution < 1.29 is 32.6 Å². The third-order valence-electron chi connectivity index (χ3n) is 4.94. The highest BCUT2D eigenvalue weighted by Crippen LogP contribution is 2.34. The van der Waals surface area contributed by atoms with E-state index < -0.39 is 29.7 Å². The van der Waals surface area contributed by atoms with Crippen LogP contribution in [0.3, 0.4) is 0 Å². The topological polar surface area (TPSA) is 88.5 Å². The summed E-state index contributed by atoms with van der Waals surface area (Å²) in [6.45, 7) is 1.88. The number of aliphatic carboxylic acids is 1. The Balaban J connectivity index is 1.95. The summed E-state index contributed by atoms with van der Waals surface area (Å²) in [4.78, 5) is 28.5. The minimum absolute atomic E-state index is 0.0568. The van der Waals surface area contributed by atoms with Gasteiger partial charge in [0.15, 0.2) is 0 Å². The quantitative estimate of drug-likeness (QED) is 0.519. The second kappa shape index (κ2) is 9.72. The Bertz CT molecular complexity index is 1160. The van der Waals surface area contributed by atoms with Crippen molar-refractivity contribution in [2.45, 2.75) is 25.6 Å². The number of hydrogen-bond donors (Lipinski definition) is 2. The maximum Gasteiger partial charge on any atom is 0.416 e. The smallest absolute Gasteiger partial charge is 0.416 e. The number of aromatic nitrogens is 1. The molecule has 6 nitrogen and oxygen atoms in total. The molecule has 2 N–H and O–H groups in total. The van der Waals surface area contributed by atoms with Gasteiger partial charge in [0.2, 0.25) is 0 Å². The van der Waals surface area contributed by atoms with Gasteiger partial charge in [0, 0.05) is 5.56 Å². The summed E-state index contributed by atoms with van der Waals surface area (Å²) in [5, 5.41) is 11.9. The summed E-state index contributed by atoms with van der Waals surface area (Å²) >= 11 is 0. The molecule has 0 fully saturated rings. The van der Waals surface area contributed by atoms with E-state index >= 15 is 0 Å². The van der Waals surface area contributed by atoms with Crippen LogP contribution in [0.2, 0.25) is 0 Å². The number of aryl methyl sites for hydroxylation is 1. The van der Waals surface area contributed by atoms with Crippen molar-refractivity contribution in [3.8, 4) is 17.0 Å². The SMILES string of the molecule is COc1ccc(C(=O)N[C@@H](CC(=O)O)c2ccc(C)cc2)nc1-c1cccc(C(F)(F)F)c1. The number of methoxy groups -OCH3 is 1. The number of hydrogen-bond acceptors (Lipinski definition) is 4. The maximum atomic E-state index is 13.1. The van der Waals surface area contributed by atoms with E-state index in [2.05, 4.69) is 10.3 Å². The minimum atomic E-state index is -4.55. The summed E-state index contributed by atoms with van der Waals surface area (Å²) in [6, 6.07) is 13.5. The molecule has 33 heavy (non-hydrogen) atoms. The van der Waals surface area contributed by atoms with Crippen LogP contribution in [0.25, 0.3) is 11.3 Å². The van der Waals surface area contributed by atoms with Crippen LogP contribution in [0.1, 0.15) is 39.6 Å². The molecule has 0 aliphatic rings. The summed E-state index contributed by atoms with van der Waals surface area (Å²) < 4.78 is 44.7. The lowest BCUT2D eigenvalue weighted by Gasteiger charge is -2.18. The first-order valence-corrected chi connectivity index (χ1v) is 9.90. The largest absolute Gasteiger partial charge is 0.494 e. The fourth-order valence-corrected chi connectivity index (χ4v) is 3.24. The van der Waals surface area contributed by atoms with Crippen molar-refractivity contribution >= 4 is 11.9 Å². The van der Waals surface area contributed by atoms with Gasteiger partial charge >= 0.3 is 12.1 Å². The molecule has 0 bridgehead atoms. The van der Waals surface area contributed by atoms with E-state index in [0.29, 0.717) is 5.56 Å². The average molecular weight is 458 g/mol. The Kier molecular flexibility index (Phi) is 7.01. The van der Waals surface area contributed by atoms with Gasteiger partial charge in [-0.25, -0.2) is 4.98 Å². The zero-order valence-electron chi connectivity index (χ0n) is 17.8. The first-order chi connectivity index (χ1) is 15.6. The Morgan fingerprint density at radius 1 is 1.09 bits per heavy atom. The fourth-order valence-electron chi connectivity index (χ4n) is 3.24. The van der Waals surface area contributed by atoms with Crippen molar-refractivity contribution in [1.29, 1.82) is 0 Å². The van der Waals surface area contributed by atoms with Gasteiger partial charge in [-0.05, 0) is 36.8 Å². The standard InChI is InChI=1S/C24H21F3N2O4/c1-14-6-8-15(9-7-14)19(13-21(30)31)29-23(32)18-10-11-20(33-2)22(28-18)16-4-3-5-17(12-16)24(25,26)27/h3-12,19H,13H2,1-2H3,(H,29,32)(H,30,31)/t19-/m0/s1. The Morgan fingerprint density at radius 2 is 1.79 bits per heavy atom. The number of carboxylic acids is 1. The van der Waals surface area contributed by atoms with E-state index in [1.807, 2.05) is 6.92 Å². The van der Waals surface area contributed by atoms with Crippen LogP contribution in [0, 0.1) is 6.92 Å². The molecule has 0 aliphatic carbocycles. The molecule has 0 saturated heterocycles. The molecule has 0 aliphatic heterocycles. The highest BCUT2D eigenvalue weighted by atomic mass is 19.4. The second-order valence-electron chi connectivity index (χ2n) is 7.36. The van der Waals surface area contributed by atoms with E-state index in [1.165, 1.54) is 31.4 Å². The lowest BCUT2D eigenvalue weighted by Crippen LogP contribution is -2.31. The molecule has 172 valence electrons. The van der Waals surface area contributed by atoms with E-state index in [-0.39, 0.29) is 29.1 Å². The molecule has 1 amide bonds. The summed E-state index contributed by atoms with van der Waals surface area (Å²) in [7, 11) is 1.34.